The van der Waals surface area contributed by atoms with E-state index in [9.17, 15) is 17.6 Å². The van der Waals surface area contributed by atoms with E-state index in [0.717, 1.165) is 18.2 Å². The molecule has 0 aliphatic carbocycles. The predicted octanol–water partition coefficient (Wildman–Crippen LogP) is 1.91. The van der Waals surface area contributed by atoms with Crippen LogP contribution in [0.3, 0.4) is 0 Å². The monoisotopic (exact) mass is 323 g/mol. The topological polar surface area (TPSA) is 72.5 Å². The molecule has 0 bridgehead atoms. The lowest BCUT2D eigenvalue weighted by atomic mass is 10.1. The minimum atomic E-state index is -4.09. The Bertz CT molecular complexity index is 591. The molecule has 0 radical (unpaired) electrons. The minimum absolute atomic E-state index is 0.103. The number of benzene rings is 1. The van der Waals surface area contributed by atoms with Crippen molar-refractivity contribution in [1.82, 2.24) is 5.32 Å². The first kappa shape index (κ1) is 16.9. The van der Waals surface area contributed by atoms with Gasteiger partial charge in [0.2, 0.25) is 0 Å². The number of nitrogens with one attached hydrogen (secondary N) is 1. The molecule has 0 aliphatic heterocycles. The van der Waals surface area contributed by atoms with E-state index >= 15 is 0 Å². The molecule has 0 saturated carbocycles. The van der Waals surface area contributed by atoms with Crippen molar-refractivity contribution in [1.29, 1.82) is 0 Å². The van der Waals surface area contributed by atoms with Gasteiger partial charge >= 0.3 is 0 Å². The third-order valence-corrected chi connectivity index (χ3v) is 3.88. The highest BCUT2D eigenvalue weighted by molar-refractivity contribution is 8.13. The van der Waals surface area contributed by atoms with Gasteiger partial charge in [-0.25, -0.2) is 12.8 Å². The predicted molar refractivity (Wildman–Crippen MR) is 72.9 cm³/mol. The van der Waals surface area contributed by atoms with Gasteiger partial charge in [-0.05, 0) is 31.5 Å². The zero-order chi connectivity index (χ0) is 15.3. The van der Waals surface area contributed by atoms with Crippen molar-refractivity contribution in [2.75, 3.05) is 13.7 Å². The Kier molecular flexibility index (Phi) is 5.91. The van der Waals surface area contributed by atoms with Gasteiger partial charge < -0.3 is 10.1 Å². The molecule has 0 aromatic heterocycles. The van der Waals surface area contributed by atoms with Crippen molar-refractivity contribution in [3.8, 4) is 0 Å². The molecule has 1 aromatic carbocycles. The molecule has 0 heterocycles. The molecular formula is C12H15ClFNO4S. The fraction of sp³-hybridized carbons (Fsp3) is 0.417. The molecule has 20 heavy (non-hydrogen) atoms. The van der Waals surface area contributed by atoms with E-state index in [1.54, 1.807) is 14.0 Å². The van der Waals surface area contributed by atoms with Crippen LogP contribution in [-0.4, -0.2) is 34.1 Å². The summed E-state index contributed by atoms with van der Waals surface area (Å²) in [6, 6.07) is 2.54. The lowest BCUT2D eigenvalue weighted by molar-refractivity contribution is 0.0929. The average Bonchev–Trinajstić information content (AvgIpc) is 2.34. The number of amides is 1. The summed E-state index contributed by atoms with van der Waals surface area (Å²) >= 11 is 0. The zero-order valence-corrected chi connectivity index (χ0v) is 12.6. The maximum atomic E-state index is 13.3. The standard InChI is InChI=1S/C12H15ClFNO4S/c1-8(3-4-19-2)15-12(16)9-5-10(14)7-11(6-9)20(13,17)18/h5-8H,3-4H2,1-2H3,(H,15,16). The quantitative estimate of drug-likeness (QED) is 0.812. The Morgan fingerprint density at radius 1 is 1.45 bits per heavy atom. The highest BCUT2D eigenvalue weighted by Gasteiger charge is 2.17. The van der Waals surface area contributed by atoms with Gasteiger partial charge in [0.05, 0.1) is 4.90 Å². The smallest absolute Gasteiger partial charge is 0.261 e. The summed E-state index contributed by atoms with van der Waals surface area (Å²) in [5.41, 5.74) is -0.103. The fourth-order valence-corrected chi connectivity index (χ4v) is 2.30. The summed E-state index contributed by atoms with van der Waals surface area (Å²) < 4.78 is 40.6. The SMILES string of the molecule is COCCC(C)NC(=O)c1cc(F)cc(S(=O)(=O)Cl)c1. The third kappa shape index (κ3) is 5.07. The summed E-state index contributed by atoms with van der Waals surface area (Å²) in [5.74, 6) is -1.42. The lowest BCUT2D eigenvalue weighted by Gasteiger charge is -2.13. The third-order valence-electron chi connectivity index (χ3n) is 2.55. The Morgan fingerprint density at radius 2 is 2.10 bits per heavy atom. The van der Waals surface area contributed by atoms with Crippen LogP contribution >= 0.6 is 10.7 Å². The van der Waals surface area contributed by atoms with Crippen LogP contribution in [0.25, 0.3) is 0 Å². The average molecular weight is 324 g/mol. The number of rotatable bonds is 6. The lowest BCUT2D eigenvalue weighted by Crippen LogP contribution is -2.33. The van der Waals surface area contributed by atoms with E-state index in [1.165, 1.54) is 0 Å². The highest BCUT2D eigenvalue weighted by Crippen LogP contribution is 2.18. The normalized spacial score (nSPS) is 13.0. The minimum Gasteiger partial charge on any atom is -0.385 e. The summed E-state index contributed by atoms with van der Waals surface area (Å²) in [6.45, 7) is 2.22. The Labute approximate surface area is 121 Å². The molecule has 5 nitrogen and oxygen atoms in total. The maximum Gasteiger partial charge on any atom is 0.261 e. The van der Waals surface area contributed by atoms with Crippen LogP contribution in [-0.2, 0) is 13.8 Å². The zero-order valence-electron chi connectivity index (χ0n) is 11.0. The number of carbonyl (C=O) groups excluding carboxylic acids is 1. The number of hydrogen-bond acceptors (Lipinski definition) is 4. The first-order valence-electron chi connectivity index (χ1n) is 5.79. The number of ether oxygens (including phenoxy) is 1. The van der Waals surface area contributed by atoms with Crippen LogP contribution in [0.4, 0.5) is 4.39 Å². The van der Waals surface area contributed by atoms with Gasteiger partial charge in [0.25, 0.3) is 15.0 Å². The van der Waals surface area contributed by atoms with E-state index < -0.39 is 25.7 Å². The summed E-state index contributed by atoms with van der Waals surface area (Å²) in [7, 11) is 2.59. The van der Waals surface area contributed by atoms with E-state index in [2.05, 4.69) is 5.32 Å². The van der Waals surface area contributed by atoms with Crippen molar-refractivity contribution in [3.63, 3.8) is 0 Å². The summed E-state index contributed by atoms with van der Waals surface area (Å²) in [4.78, 5) is 11.4. The van der Waals surface area contributed by atoms with E-state index in [-0.39, 0.29) is 11.6 Å². The molecule has 1 atom stereocenters. The molecule has 1 unspecified atom stereocenters. The van der Waals surface area contributed by atoms with Gasteiger partial charge in [-0.15, -0.1) is 0 Å². The largest absolute Gasteiger partial charge is 0.385 e. The first-order chi connectivity index (χ1) is 9.24. The van der Waals surface area contributed by atoms with Crippen molar-refractivity contribution in [2.24, 2.45) is 0 Å². The van der Waals surface area contributed by atoms with E-state index in [0.29, 0.717) is 13.0 Å². The van der Waals surface area contributed by atoms with Gasteiger partial charge in [-0.2, -0.15) is 0 Å². The van der Waals surface area contributed by atoms with Crippen molar-refractivity contribution in [3.05, 3.63) is 29.6 Å². The molecule has 1 N–H and O–H groups in total. The second-order valence-electron chi connectivity index (χ2n) is 4.27. The molecule has 1 aromatic rings. The Balaban J connectivity index is 2.91. The fourth-order valence-electron chi connectivity index (χ4n) is 1.51. The van der Waals surface area contributed by atoms with Gasteiger partial charge in [0.15, 0.2) is 0 Å². The summed E-state index contributed by atoms with van der Waals surface area (Å²) in [5, 5.41) is 2.61. The van der Waals surface area contributed by atoms with Crippen LogP contribution in [0.2, 0.25) is 0 Å². The maximum absolute atomic E-state index is 13.3. The van der Waals surface area contributed by atoms with Crippen LogP contribution in [0.15, 0.2) is 23.1 Å². The van der Waals surface area contributed by atoms with Gasteiger partial charge in [0.1, 0.15) is 5.82 Å². The molecule has 0 aliphatic rings. The van der Waals surface area contributed by atoms with E-state index in [1.807, 2.05) is 0 Å². The number of hydrogen-bond donors (Lipinski definition) is 1. The second kappa shape index (κ2) is 7.01. The molecule has 1 amide bonds. The highest BCUT2D eigenvalue weighted by atomic mass is 35.7. The molecule has 0 fully saturated rings. The van der Waals surface area contributed by atoms with Crippen molar-refractivity contribution < 1.29 is 22.3 Å². The van der Waals surface area contributed by atoms with E-state index in [4.69, 9.17) is 15.4 Å². The second-order valence-corrected chi connectivity index (χ2v) is 6.84. The Hall–Kier alpha value is -1.18. The molecular weight excluding hydrogens is 309 g/mol. The van der Waals surface area contributed by atoms with Crippen LogP contribution < -0.4 is 5.32 Å². The molecule has 0 saturated heterocycles. The van der Waals surface area contributed by atoms with Gasteiger partial charge in [-0.1, -0.05) is 0 Å². The molecule has 1 rings (SSSR count). The first-order valence-corrected chi connectivity index (χ1v) is 8.10. The van der Waals surface area contributed by atoms with Crippen LogP contribution in [0.5, 0.6) is 0 Å². The summed E-state index contributed by atoms with van der Waals surface area (Å²) in [6.07, 6.45) is 0.582. The number of halogens is 2. The van der Waals surface area contributed by atoms with Crippen LogP contribution in [0, 0.1) is 5.82 Å². The van der Waals surface area contributed by atoms with Crippen molar-refractivity contribution >= 4 is 25.6 Å². The molecule has 112 valence electrons. The van der Waals surface area contributed by atoms with Gasteiger partial charge in [-0.3, -0.25) is 4.79 Å². The molecule has 0 spiro atoms. The number of methoxy groups -OCH3 is 1. The number of carbonyl (C=O) groups is 1. The van der Waals surface area contributed by atoms with Crippen LogP contribution in [0.1, 0.15) is 23.7 Å². The Morgan fingerprint density at radius 3 is 2.65 bits per heavy atom. The molecule has 8 heteroatoms. The van der Waals surface area contributed by atoms with Gasteiger partial charge in [0, 0.05) is 36.0 Å². The van der Waals surface area contributed by atoms with Crippen molar-refractivity contribution in [2.45, 2.75) is 24.3 Å².